The van der Waals surface area contributed by atoms with E-state index < -0.39 is 40.9 Å². The maximum Gasteiger partial charge on any atom is 0.501 e. The van der Waals surface area contributed by atoms with Gasteiger partial charge in [0.05, 0.1) is 14.8 Å². The Hall–Kier alpha value is -1.06. The van der Waals surface area contributed by atoms with Crippen molar-refractivity contribution in [1.29, 1.82) is 0 Å². The van der Waals surface area contributed by atoms with E-state index in [1.54, 1.807) is 0 Å². The molecule has 0 aromatic heterocycles. The zero-order valence-corrected chi connectivity index (χ0v) is 10.4. The average molecular weight is 324 g/mol. The van der Waals surface area contributed by atoms with Crippen molar-refractivity contribution in [3.05, 3.63) is 32.3 Å². The molecule has 0 aliphatic heterocycles. The van der Waals surface area contributed by atoms with Crippen molar-refractivity contribution >= 4 is 38.7 Å². The Kier molecular flexibility index (Phi) is 3.80. The molecule has 0 aliphatic rings. The monoisotopic (exact) mass is 323 g/mol. The maximum atomic E-state index is 12.3. The minimum absolute atomic E-state index is 0.205. The number of alkyl halides is 3. The van der Waals surface area contributed by atoms with Crippen LogP contribution in [0.25, 0.3) is 0 Å². The van der Waals surface area contributed by atoms with Crippen LogP contribution < -0.4 is 0 Å². The van der Waals surface area contributed by atoms with E-state index in [0.717, 1.165) is 0 Å². The molecule has 1 rings (SSSR count). The summed E-state index contributed by atoms with van der Waals surface area (Å²) in [6.07, 6.45) is 0. The minimum Gasteiger partial charge on any atom is -0.258 e. The number of nitro groups is 1. The van der Waals surface area contributed by atoms with Crippen LogP contribution in [0.5, 0.6) is 0 Å². The van der Waals surface area contributed by atoms with Gasteiger partial charge < -0.3 is 0 Å². The fraction of sp³-hybridized carbons (Fsp3) is 0.143. The summed E-state index contributed by atoms with van der Waals surface area (Å²) in [7, 11) is -5.72. The predicted octanol–water partition coefficient (Wildman–Crippen LogP) is 3.20. The van der Waals surface area contributed by atoms with E-state index in [2.05, 4.69) is 0 Å². The normalized spacial score (nSPS) is 12.5. The van der Waals surface area contributed by atoms with Crippen molar-refractivity contribution in [1.82, 2.24) is 0 Å². The fourth-order valence-corrected chi connectivity index (χ4v) is 2.24. The van der Waals surface area contributed by atoms with Crippen LogP contribution in [0.1, 0.15) is 0 Å². The molecule has 0 bridgehead atoms. The van der Waals surface area contributed by atoms with Crippen molar-refractivity contribution in [3.8, 4) is 0 Å². The standard InChI is InChI=1S/C7H2Cl2F3NO4S/c8-4-1-3(18(16,17)7(10,11)12)2-5(6(4)9)13(14)15/h1-2H. The molecule has 1 aromatic carbocycles. The van der Waals surface area contributed by atoms with Gasteiger partial charge in [-0.25, -0.2) is 8.42 Å². The Balaban J connectivity index is 3.61. The molecule has 0 atom stereocenters. The molecule has 0 amide bonds. The van der Waals surface area contributed by atoms with Crippen LogP contribution in [0.2, 0.25) is 10.0 Å². The number of hydrogen-bond donors (Lipinski definition) is 0. The summed E-state index contributed by atoms with van der Waals surface area (Å²) in [5, 5.41) is 9.19. The number of nitrogens with zero attached hydrogens (tertiary/aromatic N) is 1. The van der Waals surface area contributed by atoms with Crippen molar-refractivity contribution in [2.75, 3.05) is 0 Å². The van der Waals surface area contributed by atoms with Gasteiger partial charge >= 0.3 is 5.51 Å². The van der Waals surface area contributed by atoms with Gasteiger partial charge in [-0.15, -0.1) is 0 Å². The largest absolute Gasteiger partial charge is 0.501 e. The number of nitro benzene ring substituents is 1. The molecule has 11 heteroatoms. The lowest BCUT2D eigenvalue weighted by Gasteiger charge is -2.08. The summed E-state index contributed by atoms with van der Waals surface area (Å²) in [6.45, 7) is 0. The first-order valence-electron chi connectivity index (χ1n) is 3.93. The molecule has 0 radical (unpaired) electrons. The molecule has 0 heterocycles. The Labute approximate surface area is 108 Å². The van der Waals surface area contributed by atoms with E-state index in [1.165, 1.54) is 0 Å². The molecule has 0 N–H and O–H groups in total. The molecule has 18 heavy (non-hydrogen) atoms. The van der Waals surface area contributed by atoms with Gasteiger partial charge in [0.1, 0.15) is 5.02 Å². The number of rotatable bonds is 2. The van der Waals surface area contributed by atoms with Crippen molar-refractivity contribution in [2.45, 2.75) is 10.4 Å². The van der Waals surface area contributed by atoms with E-state index in [0.29, 0.717) is 6.07 Å². The van der Waals surface area contributed by atoms with E-state index >= 15 is 0 Å². The first-order valence-corrected chi connectivity index (χ1v) is 6.17. The van der Waals surface area contributed by atoms with Crippen LogP contribution in [-0.2, 0) is 9.84 Å². The predicted molar refractivity (Wildman–Crippen MR) is 56.4 cm³/mol. The number of benzene rings is 1. The van der Waals surface area contributed by atoms with Crippen LogP contribution in [-0.4, -0.2) is 18.8 Å². The van der Waals surface area contributed by atoms with Gasteiger partial charge in [-0.1, -0.05) is 23.2 Å². The number of sulfone groups is 1. The smallest absolute Gasteiger partial charge is 0.258 e. The molecule has 100 valence electrons. The lowest BCUT2D eigenvalue weighted by molar-refractivity contribution is -0.384. The summed E-state index contributed by atoms with van der Waals surface area (Å²) >= 11 is 10.7. The van der Waals surface area contributed by atoms with Crippen molar-refractivity contribution in [3.63, 3.8) is 0 Å². The second-order valence-corrected chi connectivity index (χ2v) is 5.67. The first-order chi connectivity index (χ1) is 7.98. The van der Waals surface area contributed by atoms with E-state index in [4.69, 9.17) is 23.2 Å². The van der Waals surface area contributed by atoms with Gasteiger partial charge in [-0.05, 0) is 6.07 Å². The van der Waals surface area contributed by atoms with E-state index in [-0.39, 0.29) is 6.07 Å². The lowest BCUT2D eigenvalue weighted by Crippen LogP contribution is -2.23. The molecule has 1 aromatic rings. The molecule has 0 fully saturated rings. The SMILES string of the molecule is O=[N+]([O-])c1cc(S(=O)(=O)C(F)(F)F)cc(Cl)c1Cl. The third-order valence-electron chi connectivity index (χ3n) is 1.79. The second kappa shape index (κ2) is 4.56. The number of hydrogen-bond acceptors (Lipinski definition) is 4. The van der Waals surface area contributed by atoms with Gasteiger partial charge in [0.15, 0.2) is 0 Å². The highest BCUT2D eigenvalue weighted by Crippen LogP contribution is 2.38. The van der Waals surface area contributed by atoms with E-state index in [9.17, 15) is 31.7 Å². The van der Waals surface area contributed by atoms with Crippen LogP contribution in [0.3, 0.4) is 0 Å². The van der Waals surface area contributed by atoms with Gasteiger partial charge in [0, 0.05) is 6.07 Å². The first kappa shape index (κ1) is 15.0. The topological polar surface area (TPSA) is 77.3 Å². The minimum atomic E-state index is -5.72. The highest BCUT2D eigenvalue weighted by atomic mass is 35.5. The molecule has 0 spiro atoms. The van der Waals surface area contributed by atoms with Gasteiger partial charge in [0.2, 0.25) is 0 Å². The maximum absolute atomic E-state index is 12.3. The average Bonchev–Trinajstić information content (AvgIpc) is 2.19. The van der Waals surface area contributed by atoms with Gasteiger partial charge in [-0.2, -0.15) is 13.2 Å². The van der Waals surface area contributed by atoms with Gasteiger partial charge in [-0.3, -0.25) is 10.1 Å². The third kappa shape index (κ3) is 2.52. The molecular weight excluding hydrogens is 322 g/mol. The summed E-state index contributed by atoms with van der Waals surface area (Å²) in [4.78, 5) is 8.02. The molecule has 5 nitrogen and oxygen atoms in total. The Morgan fingerprint density at radius 1 is 1.22 bits per heavy atom. The second-order valence-electron chi connectivity index (χ2n) is 2.94. The van der Waals surface area contributed by atoms with Gasteiger partial charge in [0.25, 0.3) is 15.5 Å². The van der Waals surface area contributed by atoms with Crippen molar-refractivity contribution < 1.29 is 26.5 Å². The highest BCUT2D eigenvalue weighted by molar-refractivity contribution is 7.92. The summed E-state index contributed by atoms with van der Waals surface area (Å²) < 4.78 is 58.8. The highest BCUT2D eigenvalue weighted by Gasteiger charge is 2.47. The van der Waals surface area contributed by atoms with Crippen LogP contribution in [0.4, 0.5) is 18.9 Å². The Bertz CT molecular complexity index is 614. The Morgan fingerprint density at radius 2 is 1.72 bits per heavy atom. The number of halogens is 5. The molecule has 0 unspecified atom stereocenters. The summed E-state index contributed by atoms with van der Waals surface area (Å²) in [5.41, 5.74) is -6.61. The Morgan fingerprint density at radius 3 is 2.11 bits per heavy atom. The summed E-state index contributed by atoms with van der Waals surface area (Å²) in [5.74, 6) is 0. The van der Waals surface area contributed by atoms with E-state index in [1.807, 2.05) is 0 Å². The van der Waals surface area contributed by atoms with Crippen LogP contribution in [0, 0.1) is 10.1 Å². The molecule has 0 aliphatic carbocycles. The van der Waals surface area contributed by atoms with Crippen LogP contribution in [0.15, 0.2) is 17.0 Å². The quantitative estimate of drug-likeness (QED) is 0.618. The van der Waals surface area contributed by atoms with Crippen molar-refractivity contribution in [2.24, 2.45) is 0 Å². The molecular formula is C7H2Cl2F3NO4S. The fourth-order valence-electron chi connectivity index (χ4n) is 0.972. The molecule has 0 saturated carbocycles. The van der Waals surface area contributed by atoms with Crippen LogP contribution >= 0.6 is 23.2 Å². The molecule has 0 saturated heterocycles. The lowest BCUT2D eigenvalue weighted by atomic mass is 10.3. The zero-order chi connectivity index (χ0) is 14.3. The zero-order valence-electron chi connectivity index (χ0n) is 8.03. The summed E-state index contributed by atoms with van der Waals surface area (Å²) in [6, 6.07) is 0.608. The third-order valence-corrected chi connectivity index (χ3v) is 4.05.